The largest absolute Gasteiger partial charge is 0.362 e. The predicted octanol–water partition coefficient (Wildman–Crippen LogP) is 3.24. The Kier molecular flexibility index (Phi) is 4.12. The molecule has 132 valence electrons. The van der Waals surface area contributed by atoms with Gasteiger partial charge < -0.3 is 9.84 Å². The zero-order valence-electron chi connectivity index (χ0n) is 15.0. The lowest BCUT2D eigenvalue weighted by Crippen LogP contribution is -2.08. The zero-order chi connectivity index (χ0) is 18.1. The summed E-state index contributed by atoms with van der Waals surface area (Å²) in [6.07, 6.45) is 0.629. The number of hydrogen-bond acceptors (Lipinski definition) is 6. The van der Waals surface area contributed by atoms with Gasteiger partial charge in [0, 0.05) is 17.3 Å². The summed E-state index contributed by atoms with van der Waals surface area (Å²) in [6.45, 7) is 6.44. The van der Waals surface area contributed by atoms with Gasteiger partial charge in [-0.2, -0.15) is 14.6 Å². The van der Waals surface area contributed by atoms with Gasteiger partial charge in [0.15, 0.2) is 11.5 Å². The van der Waals surface area contributed by atoms with E-state index in [9.17, 15) is 0 Å². The summed E-state index contributed by atoms with van der Waals surface area (Å²) in [6, 6.07) is 12.0. The molecule has 3 aromatic heterocycles. The van der Waals surface area contributed by atoms with Crippen LogP contribution in [0.25, 0.3) is 5.65 Å². The van der Waals surface area contributed by atoms with Crippen molar-refractivity contribution in [2.45, 2.75) is 33.7 Å². The minimum Gasteiger partial charge on any atom is -0.362 e. The topological polar surface area (TPSA) is 81.1 Å². The van der Waals surface area contributed by atoms with Gasteiger partial charge >= 0.3 is 0 Å². The van der Waals surface area contributed by atoms with E-state index >= 15 is 0 Å². The smallest absolute Gasteiger partial charge is 0.231 e. The molecule has 3 heterocycles. The third kappa shape index (κ3) is 3.15. The molecule has 0 bridgehead atoms. The number of fused-ring (bicyclic) bond motifs is 1. The molecule has 26 heavy (non-hydrogen) atoms. The molecule has 1 aromatic carbocycles. The lowest BCUT2D eigenvalue weighted by Gasteiger charge is -2.07. The van der Waals surface area contributed by atoms with E-state index in [0.29, 0.717) is 24.7 Å². The highest BCUT2D eigenvalue weighted by molar-refractivity contribution is 5.55. The molecule has 0 fully saturated rings. The summed E-state index contributed by atoms with van der Waals surface area (Å²) >= 11 is 0. The maximum atomic E-state index is 5.36. The second kappa shape index (κ2) is 6.59. The average Bonchev–Trinajstić information content (AvgIpc) is 3.19. The van der Waals surface area contributed by atoms with Crippen molar-refractivity contribution < 1.29 is 4.52 Å². The van der Waals surface area contributed by atoms with E-state index in [0.717, 1.165) is 34.0 Å². The van der Waals surface area contributed by atoms with Crippen LogP contribution in [-0.2, 0) is 13.0 Å². The Bertz CT molecular complexity index is 1050. The first kappa shape index (κ1) is 16.3. The highest BCUT2D eigenvalue weighted by Gasteiger charge is 2.12. The number of aryl methyl sites for hydroxylation is 3. The molecule has 0 saturated heterocycles. The van der Waals surface area contributed by atoms with E-state index in [1.165, 1.54) is 0 Å². The number of rotatable bonds is 5. The Hall–Kier alpha value is -3.22. The Morgan fingerprint density at radius 1 is 1.08 bits per heavy atom. The van der Waals surface area contributed by atoms with Crippen LogP contribution in [0.3, 0.4) is 0 Å². The third-order valence-electron chi connectivity index (χ3n) is 4.32. The molecule has 0 spiro atoms. The Balaban J connectivity index is 1.51. The van der Waals surface area contributed by atoms with Gasteiger partial charge in [-0.15, -0.1) is 0 Å². The van der Waals surface area contributed by atoms with Gasteiger partial charge in [-0.25, -0.2) is 4.98 Å². The Labute approximate surface area is 151 Å². The minimum atomic E-state index is 0.453. The summed E-state index contributed by atoms with van der Waals surface area (Å²) in [5.74, 6) is 2.08. The van der Waals surface area contributed by atoms with Crippen molar-refractivity contribution in [2.75, 3.05) is 5.32 Å². The van der Waals surface area contributed by atoms with Crippen LogP contribution >= 0.6 is 0 Å². The van der Waals surface area contributed by atoms with Crippen molar-refractivity contribution in [2.24, 2.45) is 0 Å². The number of aromatic nitrogens is 5. The lowest BCUT2D eigenvalue weighted by atomic mass is 10.1. The molecule has 0 unspecified atom stereocenters. The number of anilines is 1. The minimum absolute atomic E-state index is 0.453. The fraction of sp³-hybridized carbons (Fsp3) is 0.263. The van der Waals surface area contributed by atoms with Gasteiger partial charge in [-0.1, -0.05) is 35.5 Å². The van der Waals surface area contributed by atoms with Crippen LogP contribution in [0, 0.1) is 20.8 Å². The van der Waals surface area contributed by atoms with Crippen molar-refractivity contribution in [3.8, 4) is 0 Å². The van der Waals surface area contributed by atoms with E-state index in [1.54, 1.807) is 0 Å². The van der Waals surface area contributed by atoms with E-state index in [-0.39, 0.29) is 0 Å². The highest BCUT2D eigenvalue weighted by atomic mass is 16.5. The first-order valence-corrected chi connectivity index (χ1v) is 8.53. The summed E-state index contributed by atoms with van der Waals surface area (Å²) < 4.78 is 7.18. The highest BCUT2D eigenvalue weighted by Crippen LogP contribution is 2.18. The predicted molar refractivity (Wildman–Crippen MR) is 98.1 cm³/mol. The molecule has 0 atom stereocenters. The van der Waals surface area contributed by atoms with Gasteiger partial charge in [0.1, 0.15) is 5.82 Å². The van der Waals surface area contributed by atoms with Crippen LogP contribution in [-0.4, -0.2) is 24.7 Å². The molecule has 0 aliphatic carbocycles. The van der Waals surface area contributed by atoms with Crippen LogP contribution in [0.15, 0.2) is 40.9 Å². The first-order valence-electron chi connectivity index (χ1n) is 8.53. The van der Waals surface area contributed by atoms with Crippen LogP contribution in [0.2, 0.25) is 0 Å². The molecule has 7 nitrogen and oxygen atoms in total. The van der Waals surface area contributed by atoms with Crippen molar-refractivity contribution in [1.82, 2.24) is 24.7 Å². The summed E-state index contributed by atoms with van der Waals surface area (Å²) in [7, 11) is 0. The van der Waals surface area contributed by atoms with Crippen LogP contribution < -0.4 is 5.32 Å². The van der Waals surface area contributed by atoms with Gasteiger partial charge in [0.25, 0.3) is 0 Å². The van der Waals surface area contributed by atoms with Gasteiger partial charge in [-0.05, 0) is 26.3 Å². The number of benzene rings is 1. The molecule has 0 amide bonds. The van der Waals surface area contributed by atoms with Gasteiger partial charge in [0.2, 0.25) is 5.89 Å². The van der Waals surface area contributed by atoms with E-state index in [2.05, 4.69) is 25.5 Å². The first-order chi connectivity index (χ1) is 12.6. The molecular formula is C19H20N6O. The van der Waals surface area contributed by atoms with Crippen LogP contribution in [0.4, 0.5) is 5.82 Å². The Morgan fingerprint density at radius 2 is 1.88 bits per heavy atom. The molecule has 4 aromatic rings. The van der Waals surface area contributed by atoms with Crippen molar-refractivity contribution in [3.05, 3.63) is 70.6 Å². The Morgan fingerprint density at radius 3 is 2.69 bits per heavy atom. The molecule has 0 saturated carbocycles. The number of nitrogens with zero attached hydrogens (tertiary/aromatic N) is 5. The normalized spacial score (nSPS) is 11.2. The molecule has 0 aliphatic heterocycles. The molecule has 1 N–H and O–H groups in total. The van der Waals surface area contributed by atoms with E-state index < -0.39 is 0 Å². The molecule has 7 heteroatoms. The maximum absolute atomic E-state index is 5.36. The maximum Gasteiger partial charge on any atom is 0.231 e. The van der Waals surface area contributed by atoms with Gasteiger partial charge in [-0.3, -0.25) is 0 Å². The second-order valence-corrected chi connectivity index (χ2v) is 6.35. The van der Waals surface area contributed by atoms with Crippen LogP contribution in [0.1, 0.15) is 34.2 Å². The quantitative estimate of drug-likeness (QED) is 0.596. The standard InChI is InChI=1S/C19H20N6O/c1-12-9-17(25-19(21-12)13(2)14(3)23-25)20-11-16-22-18(26-24-16)10-15-7-5-4-6-8-15/h4-9,20H,10-11H2,1-3H3. The summed E-state index contributed by atoms with van der Waals surface area (Å²) in [4.78, 5) is 9.03. The van der Waals surface area contributed by atoms with Crippen LogP contribution in [0.5, 0.6) is 0 Å². The van der Waals surface area contributed by atoms with E-state index in [1.807, 2.05) is 61.7 Å². The van der Waals surface area contributed by atoms with Crippen molar-refractivity contribution in [3.63, 3.8) is 0 Å². The fourth-order valence-electron chi connectivity index (χ4n) is 2.85. The molecular weight excluding hydrogens is 328 g/mol. The molecule has 0 radical (unpaired) electrons. The third-order valence-corrected chi connectivity index (χ3v) is 4.32. The summed E-state index contributed by atoms with van der Waals surface area (Å²) in [5, 5.41) is 12.0. The number of nitrogens with one attached hydrogen (secondary N) is 1. The van der Waals surface area contributed by atoms with Crippen molar-refractivity contribution in [1.29, 1.82) is 0 Å². The lowest BCUT2D eigenvalue weighted by molar-refractivity contribution is 0.380. The van der Waals surface area contributed by atoms with E-state index in [4.69, 9.17) is 4.52 Å². The SMILES string of the molecule is Cc1cc(NCc2noc(Cc3ccccc3)n2)n2nc(C)c(C)c2n1. The monoisotopic (exact) mass is 348 g/mol. The van der Waals surface area contributed by atoms with Gasteiger partial charge in [0.05, 0.1) is 18.7 Å². The second-order valence-electron chi connectivity index (χ2n) is 6.35. The zero-order valence-corrected chi connectivity index (χ0v) is 15.0. The molecule has 4 rings (SSSR count). The van der Waals surface area contributed by atoms with Crippen molar-refractivity contribution >= 4 is 11.5 Å². The summed E-state index contributed by atoms with van der Waals surface area (Å²) in [5.41, 5.74) is 4.99. The number of hydrogen-bond donors (Lipinski definition) is 1. The molecule has 0 aliphatic rings. The fourth-order valence-corrected chi connectivity index (χ4v) is 2.85. The average molecular weight is 348 g/mol.